The molecule has 0 aliphatic carbocycles. The molecule has 8 nitrogen and oxygen atoms in total. The number of nitrogens with zero attached hydrogens (tertiary/aromatic N) is 3. The van der Waals surface area contributed by atoms with Gasteiger partial charge in [-0.2, -0.15) is 9.46 Å². The Morgan fingerprint density at radius 2 is 1.71 bits per heavy atom. The van der Waals surface area contributed by atoms with E-state index < -0.39 is 6.09 Å². The SMILES string of the molecule is CCN(C)C(=O)Oc1cccc2c1[n+]([O-])c1cccc(O)c1[n+]2[O-]. The van der Waals surface area contributed by atoms with Gasteiger partial charge in [-0.1, -0.05) is 12.1 Å². The van der Waals surface area contributed by atoms with Gasteiger partial charge in [-0.05, 0) is 19.1 Å². The minimum atomic E-state index is -0.640. The molecule has 0 unspecified atom stereocenters. The van der Waals surface area contributed by atoms with Gasteiger partial charge >= 0.3 is 17.1 Å². The first-order valence-corrected chi connectivity index (χ1v) is 7.28. The van der Waals surface area contributed by atoms with Gasteiger partial charge in [0.25, 0.3) is 11.0 Å². The molecule has 0 spiro atoms. The normalized spacial score (nSPS) is 10.9. The van der Waals surface area contributed by atoms with Crippen molar-refractivity contribution in [3.63, 3.8) is 0 Å². The lowest BCUT2D eigenvalue weighted by molar-refractivity contribution is -0.591. The number of fused-ring (bicyclic) bond motifs is 2. The molecule has 0 aliphatic heterocycles. The van der Waals surface area contributed by atoms with Crippen molar-refractivity contribution in [1.29, 1.82) is 0 Å². The zero-order valence-electron chi connectivity index (χ0n) is 13.1. The quantitative estimate of drug-likeness (QED) is 0.435. The fourth-order valence-electron chi connectivity index (χ4n) is 2.39. The molecule has 8 heteroatoms. The molecule has 0 fully saturated rings. The maximum atomic E-state index is 12.7. The van der Waals surface area contributed by atoms with E-state index in [1.54, 1.807) is 14.0 Å². The third-order valence-electron chi connectivity index (χ3n) is 3.80. The van der Waals surface area contributed by atoms with Crippen LogP contribution in [0.3, 0.4) is 0 Å². The molecule has 24 heavy (non-hydrogen) atoms. The summed E-state index contributed by atoms with van der Waals surface area (Å²) in [6.07, 6.45) is -0.640. The third-order valence-corrected chi connectivity index (χ3v) is 3.80. The van der Waals surface area contributed by atoms with Gasteiger partial charge in [0.05, 0.1) is 0 Å². The molecule has 0 radical (unpaired) electrons. The van der Waals surface area contributed by atoms with Gasteiger partial charge in [0.2, 0.25) is 5.75 Å². The lowest BCUT2D eigenvalue weighted by Gasteiger charge is -2.15. The summed E-state index contributed by atoms with van der Waals surface area (Å²) in [6, 6.07) is 8.54. The monoisotopic (exact) mass is 329 g/mol. The Morgan fingerprint density at radius 3 is 2.38 bits per heavy atom. The summed E-state index contributed by atoms with van der Waals surface area (Å²) >= 11 is 0. The van der Waals surface area contributed by atoms with E-state index in [-0.39, 0.29) is 33.6 Å². The van der Waals surface area contributed by atoms with Crippen molar-refractivity contribution in [2.75, 3.05) is 13.6 Å². The van der Waals surface area contributed by atoms with Gasteiger partial charge in [0.15, 0.2) is 5.75 Å². The summed E-state index contributed by atoms with van der Waals surface area (Å²) in [5, 5.41) is 35.1. The first kappa shape index (κ1) is 15.6. The van der Waals surface area contributed by atoms with E-state index in [2.05, 4.69) is 0 Å². The van der Waals surface area contributed by atoms with Gasteiger partial charge in [0, 0.05) is 25.7 Å². The van der Waals surface area contributed by atoms with Crippen LogP contribution >= 0.6 is 0 Å². The number of carbonyl (C=O) groups is 1. The highest BCUT2D eigenvalue weighted by Gasteiger charge is 2.28. The molecule has 124 valence electrons. The summed E-state index contributed by atoms with van der Waals surface area (Å²) < 4.78 is 6.18. The van der Waals surface area contributed by atoms with Crippen LogP contribution in [-0.4, -0.2) is 29.7 Å². The van der Waals surface area contributed by atoms with E-state index in [1.165, 1.54) is 41.3 Å². The number of hydrogen-bond acceptors (Lipinski definition) is 5. The number of phenolic OH excluding ortho intramolecular Hbond substituents is 1. The van der Waals surface area contributed by atoms with Crippen molar-refractivity contribution in [3.8, 4) is 11.5 Å². The second-order valence-corrected chi connectivity index (χ2v) is 5.24. The summed E-state index contributed by atoms with van der Waals surface area (Å²) in [6.45, 7) is 2.21. The molecule has 1 heterocycles. The van der Waals surface area contributed by atoms with E-state index in [1.807, 2.05) is 0 Å². The second kappa shape index (κ2) is 5.73. The number of para-hydroxylation sites is 2. The van der Waals surface area contributed by atoms with Crippen LogP contribution in [0.5, 0.6) is 11.5 Å². The topological polar surface area (TPSA) is 104 Å². The van der Waals surface area contributed by atoms with Crippen molar-refractivity contribution < 1.29 is 24.1 Å². The van der Waals surface area contributed by atoms with Gasteiger partial charge in [-0.25, -0.2) is 4.79 Å². The highest BCUT2D eigenvalue weighted by atomic mass is 16.6. The third kappa shape index (κ3) is 2.28. The summed E-state index contributed by atoms with van der Waals surface area (Å²) in [7, 11) is 1.56. The average Bonchev–Trinajstić information content (AvgIpc) is 2.58. The van der Waals surface area contributed by atoms with Gasteiger partial charge in [0.1, 0.15) is 0 Å². The van der Waals surface area contributed by atoms with Crippen LogP contribution in [0.2, 0.25) is 0 Å². The smallest absolute Gasteiger partial charge is 0.415 e. The number of hydrogen-bond donors (Lipinski definition) is 1. The Bertz CT molecular complexity index is 957. The lowest BCUT2D eigenvalue weighted by atomic mass is 10.2. The molecule has 0 atom stereocenters. The summed E-state index contributed by atoms with van der Waals surface area (Å²) in [4.78, 5) is 13.3. The number of aromatic nitrogens is 2. The average molecular weight is 329 g/mol. The van der Waals surface area contributed by atoms with Crippen LogP contribution in [0, 0.1) is 10.4 Å². The molecular formula is C16H15N3O5. The van der Waals surface area contributed by atoms with Crippen molar-refractivity contribution in [1.82, 2.24) is 4.90 Å². The highest BCUT2D eigenvalue weighted by Crippen LogP contribution is 2.26. The number of phenols is 1. The van der Waals surface area contributed by atoms with Crippen LogP contribution in [-0.2, 0) is 0 Å². The summed E-state index contributed by atoms with van der Waals surface area (Å²) in [5.74, 6) is -0.329. The Morgan fingerprint density at radius 1 is 1.12 bits per heavy atom. The number of aromatic hydroxyl groups is 1. The van der Waals surface area contributed by atoms with E-state index in [4.69, 9.17) is 4.74 Å². The van der Waals surface area contributed by atoms with E-state index in [0.717, 1.165) is 0 Å². The number of amides is 1. The van der Waals surface area contributed by atoms with Crippen LogP contribution in [0.25, 0.3) is 22.1 Å². The van der Waals surface area contributed by atoms with Crippen LogP contribution in [0.4, 0.5) is 4.79 Å². The predicted molar refractivity (Wildman–Crippen MR) is 85.4 cm³/mol. The molecule has 1 aromatic heterocycles. The van der Waals surface area contributed by atoms with Gasteiger partial charge < -0.3 is 25.2 Å². The zero-order valence-corrected chi connectivity index (χ0v) is 13.1. The zero-order chi connectivity index (χ0) is 17.4. The minimum Gasteiger partial charge on any atom is -0.617 e. The Balaban J connectivity index is 2.31. The molecule has 1 N–H and O–H groups in total. The molecule has 0 aliphatic rings. The van der Waals surface area contributed by atoms with Crippen molar-refractivity contribution in [3.05, 3.63) is 46.8 Å². The molecule has 0 bridgehead atoms. The molecule has 3 rings (SSSR count). The van der Waals surface area contributed by atoms with Crippen LogP contribution < -0.4 is 14.2 Å². The standard InChI is InChI=1S/C16H15N3O5/c1-3-17(2)16(21)24-13-9-5-7-11-15(13)19(23)10-6-4-8-12(20)14(10)18(11)22/h4-9,20H,3H2,1-2H3. The first-order chi connectivity index (χ1) is 11.5. The first-order valence-electron chi connectivity index (χ1n) is 7.28. The van der Waals surface area contributed by atoms with Crippen LogP contribution in [0.1, 0.15) is 6.92 Å². The molecule has 0 saturated carbocycles. The van der Waals surface area contributed by atoms with E-state index in [0.29, 0.717) is 16.0 Å². The molecule has 0 saturated heterocycles. The van der Waals surface area contributed by atoms with Crippen molar-refractivity contribution in [2.24, 2.45) is 0 Å². The van der Waals surface area contributed by atoms with Gasteiger partial charge in [-0.15, -0.1) is 0 Å². The minimum absolute atomic E-state index is 0.0107. The van der Waals surface area contributed by atoms with E-state index in [9.17, 15) is 20.3 Å². The van der Waals surface area contributed by atoms with Crippen LogP contribution in [0.15, 0.2) is 36.4 Å². The van der Waals surface area contributed by atoms with Crippen molar-refractivity contribution >= 4 is 28.2 Å². The second-order valence-electron chi connectivity index (χ2n) is 5.24. The number of carbonyl (C=O) groups excluding carboxylic acids is 1. The predicted octanol–water partition coefficient (Wildman–Crippen LogP) is 1.42. The Kier molecular flexibility index (Phi) is 3.72. The molecule has 1 amide bonds. The Hall–Kier alpha value is -3.29. The number of rotatable bonds is 2. The maximum absolute atomic E-state index is 12.7. The maximum Gasteiger partial charge on any atom is 0.415 e. The molecular weight excluding hydrogens is 314 g/mol. The van der Waals surface area contributed by atoms with Gasteiger partial charge in [-0.3, -0.25) is 0 Å². The molecule has 3 aromatic rings. The number of benzene rings is 2. The summed E-state index contributed by atoms with van der Waals surface area (Å²) in [5.41, 5.74) is -0.258. The highest BCUT2D eigenvalue weighted by molar-refractivity contribution is 5.85. The Labute approximate surface area is 136 Å². The fraction of sp³-hybridized carbons (Fsp3) is 0.188. The lowest BCUT2D eigenvalue weighted by Crippen LogP contribution is -2.40. The fourth-order valence-corrected chi connectivity index (χ4v) is 2.39. The molecule has 2 aromatic carbocycles. The van der Waals surface area contributed by atoms with Crippen molar-refractivity contribution in [2.45, 2.75) is 6.92 Å². The largest absolute Gasteiger partial charge is 0.617 e. The number of ether oxygens (including phenoxy) is 1. The van der Waals surface area contributed by atoms with E-state index >= 15 is 0 Å².